The highest BCUT2D eigenvalue weighted by atomic mass is 32.1. The van der Waals surface area contributed by atoms with Gasteiger partial charge in [0.2, 0.25) is 0 Å². The number of nitrogens with zero attached hydrogens (tertiary/aromatic N) is 1. The summed E-state index contributed by atoms with van der Waals surface area (Å²) in [4.78, 5) is 12.4. The van der Waals surface area contributed by atoms with E-state index in [0.717, 1.165) is 12.0 Å². The molecule has 1 amide bonds. The van der Waals surface area contributed by atoms with E-state index in [1.807, 2.05) is 26.0 Å². The number of hydrogen-bond acceptors (Lipinski definition) is 5. The molecule has 0 spiro atoms. The Kier molecular flexibility index (Phi) is 5.60. The normalized spacial score (nSPS) is 13.8. The molecule has 0 atom stereocenters. The minimum Gasteiger partial charge on any atom is -0.497 e. The van der Waals surface area contributed by atoms with Crippen molar-refractivity contribution in [2.24, 2.45) is 5.73 Å². The number of carbonyl (C=O) groups excluding carboxylic acids is 1. The predicted molar refractivity (Wildman–Crippen MR) is 111 cm³/mol. The number of nitrogens with two attached hydrogens (primary N) is 1. The summed E-state index contributed by atoms with van der Waals surface area (Å²) in [5.74, 6) is 1.49. The first-order valence-corrected chi connectivity index (χ1v) is 9.17. The van der Waals surface area contributed by atoms with Crippen LogP contribution in [0.25, 0.3) is 0 Å². The highest BCUT2D eigenvalue weighted by Gasteiger charge is 2.32. The fourth-order valence-corrected chi connectivity index (χ4v) is 3.13. The summed E-state index contributed by atoms with van der Waals surface area (Å²) in [5, 5.41) is 1.32. The Balaban J connectivity index is 1.65. The van der Waals surface area contributed by atoms with E-state index in [0.29, 0.717) is 22.9 Å². The van der Waals surface area contributed by atoms with Gasteiger partial charge < -0.3 is 19.9 Å². The Bertz CT molecular complexity index is 884. The van der Waals surface area contributed by atoms with Crippen LogP contribution in [0.3, 0.4) is 0 Å². The molecule has 0 fully saturated rings. The van der Waals surface area contributed by atoms with Gasteiger partial charge >= 0.3 is 0 Å². The van der Waals surface area contributed by atoms with Crippen molar-refractivity contribution in [3.05, 3.63) is 48.0 Å². The largest absolute Gasteiger partial charge is 0.497 e. The average molecular weight is 401 g/mol. The van der Waals surface area contributed by atoms with E-state index in [1.54, 1.807) is 37.4 Å². The summed E-state index contributed by atoms with van der Waals surface area (Å²) >= 11 is 5.04. The quantitative estimate of drug-likeness (QED) is 0.588. The number of amides is 1. The lowest BCUT2D eigenvalue weighted by Gasteiger charge is -2.23. The standard InChI is InChI=1S/C20H23N3O4S/c1-20(2)11-13-5-4-6-16(18(13)27-20)26-12-17(24)22-23(19(21)28)14-7-9-15(25-3)10-8-14/h4-10H,11-12H2,1-3H3,(H2,21,28)(H,22,24). The van der Waals surface area contributed by atoms with Crippen LogP contribution in [0.4, 0.5) is 5.69 Å². The van der Waals surface area contributed by atoms with Crippen molar-refractivity contribution >= 4 is 28.9 Å². The molecule has 3 rings (SSSR count). The van der Waals surface area contributed by atoms with Gasteiger partial charge in [-0.25, -0.2) is 5.01 Å². The highest BCUT2D eigenvalue weighted by molar-refractivity contribution is 7.80. The lowest BCUT2D eigenvalue weighted by Crippen LogP contribution is -2.50. The lowest BCUT2D eigenvalue weighted by atomic mass is 10.0. The number of carbonyl (C=O) groups is 1. The Morgan fingerprint density at radius 1 is 1.29 bits per heavy atom. The molecule has 28 heavy (non-hydrogen) atoms. The van der Waals surface area contributed by atoms with Crippen LogP contribution in [0.2, 0.25) is 0 Å². The summed E-state index contributed by atoms with van der Waals surface area (Å²) in [5.41, 5.74) is 9.77. The molecule has 3 N–H and O–H groups in total. The number of hydrazine groups is 1. The molecular formula is C20H23N3O4S. The minimum atomic E-state index is -0.404. The molecule has 8 heteroatoms. The Morgan fingerprint density at radius 2 is 2.00 bits per heavy atom. The van der Waals surface area contributed by atoms with Gasteiger partial charge in [0.1, 0.15) is 11.4 Å². The molecule has 2 aromatic carbocycles. The van der Waals surface area contributed by atoms with Gasteiger partial charge in [-0.3, -0.25) is 10.2 Å². The van der Waals surface area contributed by atoms with Gasteiger partial charge in [-0.05, 0) is 56.4 Å². The summed E-state index contributed by atoms with van der Waals surface area (Å²) in [6.07, 6.45) is 0.790. The van der Waals surface area contributed by atoms with Crippen molar-refractivity contribution in [3.63, 3.8) is 0 Å². The zero-order valence-electron chi connectivity index (χ0n) is 16.0. The van der Waals surface area contributed by atoms with Crippen LogP contribution in [0, 0.1) is 0 Å². The van der Waals surface area contributed by atoms with Gasteiger partial charge in [0, 0.05) is 12.0 Å². The van der Waals surface area contributed by atoms with Crippen LogP contribution in [0.15, 0.2) is 42.5 Å². The van der Waals surface area contributed by atoms with Crippen LogP contribution in [-0.4, -0.2) is 30.3 Å². The van der Waals surface area contributed by atoms with Crippen molar-refractivity contribution in [1.82, 2.24) is 5.43 Å². The fraction of sp³-hybridized carbons (Fsp3) is 0.300. The molecule has 0 aromatic heterocycles. The van der Waals surface area contributed by atoms with Crippen molar-refractivity contribution in [2.45, 2.75) is 25.9 Å². The maximum atomic E-state index is 12.4. The van der Waals surface area contributed by atoms with E-state index in [9.17, 15) is 4.79 Å². The Hall–Kier alpha value is -3.00. The second-order valence-corrected chi connectivity index (χ2v) is 7.40. The number of rotatable bonds is 5. The van der Waals surface area contributed by atoms with E-state index in [1.165, 1.54) is 5.01 Å². The van der Waals surface area contributed by atoms with Crippen LogP contribution in [0.1, 0.15) is 19.4 Å². The number of ether oxygens (including phenoxy) is 3. The summed E-state index contributed by atoms with van der Waals surface area (Å²) in [7, 11) is 1.57. The van der Waals surface area contributed by atoms with Crippen molar-refractivity contribution in [3.8, 4) is 17.2 Å². The third-order valence-electron chi connectivity index (χ3n) is 4.20. The van der Waals surface area contributed by atoms with Gasteiger partial charge in [-0.2, -0.15) is 0 Å². The first-order chi connectivity index (χ1) is 13.3. The van der Waals surface area contributed by atoms with Crippen LogP contribution in [-0.2, 0) is 11.2 Å². The number of nitrogens with one attached hydrogen (secondary N) is 1. The molecule has 148 valence electrons. The monoisotopic (exact) mass is 401 g/mol. The smallest absolute Gasteiger partial charge is 0.276 e. The fourth-order valence-electron chi connectivity index (χ4n) is 2.98. The average Bonchev–Trinajstić information content (AvgIpc) is 2.98. The minimum absolute atomic E-state index is 0.00389. The number of thiocarbonyl (C=S) groups is 1. The van der Waals surface area contributed by atoms with Crippen LogP contribution < -0.4 is 30.4 Å². The summed E-state index contributed by atoms with van der Waals surface area (Å²) in [6.45, 7) is 3.81. The van der Waals surface area contributed by atoms with Gasteiger partial charge in [-0.1, -0.05) is 12.1 Å². The molecule has 2 aromatic rings. The molecular weight excluding hydrogens is 378 g/mol. The SMILES string of the molecule is COc1ccc(N(NC(=O)COc2cccc3c2OC(C)(C)C3)C(N)=S)cc1. The van der Waals surface area contributed by atoms with Gasteiger partial charge in [0.25, 0.3) is 5.91 Å². The second kappa shape index (κ2) is 7.93. The molecule has 1 aliphatic rings. The number of fused-ring (bicyclic) bond motifs is 1. The van der Waals surface area contributed by atoms with E-state index < -0.39 is 5.91 Å². The van der Waals surface area contributed by atoms with Gasteiger partial charge in [0.15, 0.2) is 23.2 Å². The maximum Gasteiger partial charge on any atom is 0.276 e. The van der Waals surface area contributed by atoms with Crippen LogP contribution in [0.5, 0.6) is 17.2 Å². The third kappa shape index (κ3) is 4.45. The lowest BCUT2D eigenvalue weighted by molar-refractivity contribution is -0.123. The number of benzene rings is 2. The van der Waals surface area contributed by atoms with Crippen molar-refractivity contribution in [1.29, 1.82) is 0 Å². The van der Waals surface area contributed by atoms with Crippen molar-refractivity contribution < 1.29 is 19.0 Å². The van der Waals surface area contributed by atoms with Gasteiger partial charge in [0.05, 0.1) is 12.8 Å². The summed E-state index contributed by atoms with van der Waals surface area (Å²) < 4.78 is 16.8. The van der Waals surface area contributed by atoms with Crippen molar-refractivity contribution in [2.75, 3.05) is 18.7 Å². The summed E-state index contributed by atoms with van der Waals surface area (Å²) in [6, 6.07) is 12.6. The molecule has 1 heterocycles. The molecule has 0 saturated heterocycles. The molecule has 0 bridgehead atoms. The molecule has 7 nitrogen and oxygen atoms in total. The predicted octanol–water partition coefficient (Wildman–Crippen LogP) is 2.57. The molecule has 1 aliphatic heterocycles. The number of para-hydroxylation sites is 1. The zero-order valence-corrected chi connectivity index (χ0v) is 16.8. The van der Waals surface area contributed by atoms with E-state index in [4.69, 9.17) is 32.2 Å². The van der Waals surface area contributed by atoms with E-state index in [2.05, 4.69) is 5.43 Å². The Morgan fingerprint density at radius 3 is 2.64 bits per heavy atom. The number of anilines is 1. The van der Waals surface area contributed by atoms with Gasteiger partial charge in [-0.15, -0.1) is 0 Å². The molecule has 0 unspecified atom stereocenters. The number of hydrogen-bond donors (Lipinski definition) is 2. The first kappa shape index (κ1) is 19.8. The zero-order chi connectivity index (χ0) is 20.3. The van der Waals surface area contributed by atoms with Crippen LogP contribution >= 0.6 is 12.2 Å². The molecule has 0 radical (unpaired) electrons. The topological polar surface area (TPSA) is 86.0 Å². The molecule has 0 saturated carbocycles. The van der Waals surface area contributed by atoms with E-state index in [-0.39, 0.29) is 17.3 Å². The van der Waals surface area contributed by atoms with E-state index >= 15 is 0 Å². The first-order valence-electron chi connectivity index (χ1n) is 8.76. The third-order valence-corrected chi connectivity index (χ3v) is 4.38. The Labute approximate surface area is 169 Å². The second-order valence-electron chi connectivity index (χ2n) is 6.98. The number of methoxy groups -OCH3 is 1. The highest BCUT2D eigenvalue weighted by Crippen LogP contribution is 2.41. The maximum absolute atomic E-state index is 12.4. The molecule has 0 aliphatic carbocycles.